The number of furan rings is 1. The summed E-state index contributed by atoms with van der Waals surface area (Å²) in [6.45, 7) is 3.21. The fraction of sp³-hybridized carbons (Fsp3) is 0.381. The van der Waals surface area contributed by atoms with Crippen LogP contribution in [0.15, 0.2) is 39.7 Å². The first-order chi connectivity index (χ1) is 16.5. The third-order valence-electron chi connectivity index (χ3n) is 5.21. The molecule has 14 heteroatoms. The average Bonchev–Trinajstić information content (AvgIpc) is 3.31. The molecule has 0 bridgehead atoms. The Morgan fingerprint density at radius 3 is 2.83 bits per heavy atom. The van der Waals surface area contributed by atoms with Gasteiger partial charge in [-0.2, -0.15) is 4.98 Å². The van der Waals surface area contributed by atoms with Crippen LogP contribution in [0.3, 0.4) is 0 Å². The maximum Gasteiger partial charge on any atom is 0.413 e. The number of halogens is 2. The molecule has 11 nitrogen and oxygen atoms in total. The first kappa shape index (κ1) is 25.1. The van der Waals surface area contributed by atoms with E-state index in [4.69, 9.17) is 23.7 Å². The van der Waals surface area contributed by atoms with Gasteiger partial charge in [0.05, 0.1) is 12.7 Å². The Morgan fingerprint density at radius 2 is 2.11 bits per heavy atom. The maximum atomic E-state index is 14.4. The van der Waals surface area contributed by atoms with Gasteiger partial charge in [0.15, 0.2) is 6.61 Å². The summed E-state index contributed by atoms with van der Waals surface area (Å²) in [6, 6.07) is 6.81. The van der Waals surface area contributed by atoms with Crippen molar-refractivity contribution in [3.63, 3.8) is 0 Å². The number of aromatic nitrogens is 2. The van der Waals surface area contributed by atoms with Crippen molar-refractivity contribution in [2.24, 2.45) is 0 Å². The Morgan fingerprint density at radius 1 is 1.34 bits per heavy atom. The molecule has 1 aliphatic heterocycles. The number of fused-ring (bicyclic) bond motifs is 1. The number of alkyl halides is 2. The second-order valence-corrected chi connectivity index (χ2v) is 8.80. The van der Waals surface area contributed by atoms with Crippen LogP contribution < -0.4 is 11.0 Å². The lowest BCUT2D eigenvalue weighted by atomic mass is 10.1. The van der Waals surface area contributed by atoms with Crippen LogP contribution in [-0.2, 0) is 20.6 Å². The van der Waals surface area contributed by atoms with Gasteiger partial charge in [0.2, 0.25) is 6.23 Å². The van der Waals surface area contributed by atoms with Crippen LogP contribution >= 0.6 is 8.60 Å². The lowest BCUT2D eigenvalue weighted by molar-refractivity contribution is -0.119. The molecular weight excluding hydrogens is 491 g/mol. The third kappa shape index (κ3) is 5.82. The molecule has 4 rings (SSSR count). The van der Waals surface area contributed by atoms with E-state index in [1.54, 1.807) is 6.07 Å². The standard InChI is InChI=1S/C21H22F2N3O8P/c1-11-5-12(2)17-13(6-11)7-14(33-17)9-31-20(28)25-16-3-4-26(19(27)24-16)18-21(22,23)8-15(34-18)10-32-35(29)30/h3-7,15,18,29-30H,8-10H2,1-2H3,(H,24,25,27,28). The Labute approximate surface area is 198 Å². The van der Waals surface area contributed by atoms with E-state index in [-0.39, 0.29) is 12.4 Å². The quantitative estimate of drug-likeness (QED) is 0.404. The van der Waals surface area contributed by atoms with Crippen molar-refractivity contribution in [3.05, 3.63) is 57.8 Å². The number of benzene rings is 1. The van der Waals surface area contributed by atoms with Crippen LogP contribution in [0.4, 0.5) is 19.4 Å². The summed E-state index contributed by atoms with van der Waals surface area (Å²) in [6.07, 6.45) is -3.85. The molecule has 1 saturated heterocycles. The van der Waals surface area contributed by atoms with E-state index in [2.05, 4.69) is 14.8 Å². The summed E-state index contributed by atoms with van der Waals surface area (Å²) in [4.78, 5) is 45.6. The number of carbonyl (C=O) groups excluding carboxylic acids is 1. The predicted molar refractivity (Wildman–Crippen MR) is 119 cm³/mol. The van der Waals surface area contributed by atoms with Gasteiger partial charge in [-0.25, -0.2) is 18.4 Å². The van der Waals surface area contributed by atoms with E-state index in [0.29, 0.717) is 15.9 Å². The van der Waals surface area contributed by atoms with Crippen LogP contribution in [0.1, 0.15) is 29.5 Å². The molecular formula is C21H22F2N3O8P. The Bertz CT molecular complexity index is 1300. The van der Waals surface area contributed by atoms with E-state index in [9.17, 15) is 18.4 Å². The molecule has 0 saturated carbocycles. The predicted octanol–water partition coefficient (Wildman–Crippen LogP) is 3.51. The van der Waals surface area contributed by atoms with Crippen LogP contribution in [0.5, 0.6) is 0 Å². The molecule has 2 atom stereocenters. The largest absolute Gasteiger partial charge is 0.457 e. The molecule has 1 fully saturated rings. The average molecular weight is 513 g/mol. The topological polar surface area (TPSA) is 145 Å². The SMILES string of the molecule is Cc1cc(C)c2oc(COC(=O)Nc3ccn(C4OC(COP(O)O)CC4(F)F)c(=O)n3)cc2c1. The van der Waals surface area contributed by atoms with Crippen molar-refractivity contribution >= 4 is 31.5 Å². The molecule has 3 aromatic rings. The summed E-state index contributed by atoms with van der Waals surface area (Å²) < 4.78 is 49.8. The van der Waals surface area contributed by atoms with Crippen molar-refractivity contribution in [1.82, 2.24) is 9.55 Å². The van der Waals surface area contributed by atoms with Crippen molar-refractivity contribution in [1.29, 1.82) is 0 Å². The Hall–Kier alpha value is -2.96. The fourth-order valence-electron chi connectivity index (χ4n) is 3.83. The monoisotopic (exact) mass is 513 g/mol. The van der Waals surface area contributed by atoms with Crippen molar-refractivity contribution in [2.75, 3.05) is 11.9 Å². The lowest BCUT2D eigenvalue weighted by Gasteiger charge is -2.20. The van der Waals surface area contributed by atoms with E-state index >= 15 is 0 Å². The highest BCUT2D eigenvalue weighted by atomic mass is 31.2. The molecule has 0 aliphatic carbocycles. The van der Waals surface area contributed by atoms with Gasteiger partial charge in [-0.3, -0.25) is 9.88 Å². The number of nitrogens with one attached hydrogen (secondary N) is 1. The van der Waals surface area contributed by atoms with Gasteiger partial charge in [0, 0.05) is 18.0 Å². The number of ether oxygens (including phenoxy) is 2. The molecule has 188 valence electrons. The van der Waals surface area contributed by atoms with Gasteiger partial charge in [-0.15, -0.1) is 0 Å². The summed E-state index contributed by atoms with van der Waals surface area (Å²) in [7, 11) is -2.73. The molecule has 35 heavy (non-hydrogen) atoms. The van der Waals surface area contributed by atoms with E-state index < -0.39 is 51.7 Å². The molecule has 1 aromatic carbocycles. The number of amides is 1. The highest BCUT2D eigenvalue weighted by Gasteiger charge is 2.52. The van der Waals surface area contributed by atoms with E-state index in [1.807, 2.05) is 26.0 Å². The molecule has 1 amide bonds. The molecule has 0 spiro atoms. The first-order valence-electron chi connectivity index (χ1n) is 10.4. The van der Waals surface area contributed by atoms with Crippen LogP contribution in [0.25, 0.3) is 11.0 Å². The number of hydrogen-bond donors (Lipinski definition) is 3. The van der Waals surface area contributed by atoms with E-state index in [0.717, 1.165) is 28.8 Å². The second-order valence-electron chi connectivity index (χ2n) is 8.04. The van der Waals surface area contributed by atoms with Gasteiger partial charge in [-0.05, 0) is 37.6 Å². The zero-order chi connectivity index (χ0) is 25.3. The lowest BCUT2D eigenvalue weighted by Crippen LogP contribution is -2.35. The highest BCUT2D eigenvalue weighted by Crippen LogP contribution is 2.42. The number of nitrogens with zero attached hydrogens (tertiary/aromatic N) is 2. The summed E-state index contributed by atoms with van der Waals surface area (Å²) in [5.74, 6) is -3.23. The molecule has 3 N–H and O–H groups in total. The zero-order valence-corrected chi connectivity index (χ0v) is 19.5. The van der Waals surface area contributed by atoms with Crippen molar-refractivity contribution in [3.8, 4) is 0 Å². The Balaban J connectivity index is 1.37. The smallest absolute Gasteiger partial charge is 0.413 e. The van der Waals surface area contributed by atoms with E-state index in [1.165, 1.54) is 0 Å². The molecule has 2 unspecified atom stereocenters. The molecule has 1 aliphatic rings. The normalized spacial score (nSPS) is 19.4. The number of carbonyl (C=O) groups is 1. The number of hydrogen-bond acceptors (Lipinski definition) is 9. The number of rotatable bonds is 7. The minimum absolute atomic E-state index is 0.175. The maximum absolute atomic E-state index is 14.4. The zero-order valence-electron chi connectivity index (χ0n) is 18.6. The van der Waals surface area contributed by atoms with Gasteiger partial charge in [-0.1, -0.05) is 11.6 Å². The van der Waals surface area contributed by atoms with Gasteiger partial charge in [0.25, 0.3) is 5.92 Å². The minimum Gasteiger partial charge on any atom is -0.457 e. The highest BCUT2D eigenvalue weighted by molar-refractivity contribution is 7.39. The van der Waals surface area contributed by atoms with Gasteiger partial charge in [0.1, 0.15) is 17.2 Å². The molecule has 0 radical (unpaired) electrons. The summed E-state index contributed by atoms with van der Waals surface area (Å²) in [5, 5.41) is 3.13. The Kier molecular flexibility index (Phi) is 7.15. The fourth-order valence-corrected chi connectivity index (χ4v) is 4.13. The second kappa shape index (κ2) is 9.96. The van der Waals surface area contributed by atoms with Crippen LogP contribution in [-0.4, -0.2) is 44.1 Å². The number of aryl methyl sites for hydroxylation is 2. The van der Waals surface area contributed by atoms with Crippen LogP contribution in [0.2, 0.25) is 0 Å². The van der Waals surface area contributed by atoms with Gasteiger partial charge >= 0.3 is 20.4 Å². The van der Waals surface area contributed by atoms with Gasteiger partial charge < -0.3 is 28.2 Å². The van der Waals surface area contributed by atoms with Crippen molar-refractivity contribution in [2.45, 2.75) is 45.1 Å². The third-order valence-corrected chi connectivity index (χ3v) is 5.59. The van der Waals surface area contributed by atoms with Crippen molar-refractivity contribution < 1.29 is 41.8 Å². The van der Waals surface area contributed by atoms with Crippen LogP contribution in [0, 0.1) is 13.8 Å². The summed E-state index contributed by atoms with van der Waals surface area (Å²) in [5.41, 5.74) is 1.61. The molecule has 3 heterocycles. The minimum atomic E-state index is -3.44. The first-order valence-corrected chi connectivity index (χ1v) is 11.5. The number of anilines is 1. The molecule has 2 aromatic heterocycles. The summed E-state index contributed by atoms with van der Waals surface area (Å²) >= 11 is 0.